The van der Waals surface area contributed by atoms with E-state index in [9.17, 15) is 4.79 Å². The van der Waals surface area contributed by atoms with Gasteiger partial charge in [-0.05, 0) is 117 Å². The van der Waals surface area contributed by atoms with Gasteiger partial charge < -0.3 is 37.2 Å². The molecule has 0 atom stereocenters. The van der Waals surface area contributed by atoms with E-state index >= 15 is 0 Å². The Morgan fingerprint density at radius 2 is 0.565 bits per heavy atom. The number of hydrogen-bond donors (Lipinski definition) is 4. The summed E-state index contributed by atoms with van der Waals surface area (Å²) in [5.74, 6) is 0.306. The Kier molecular flexibility index (Phi) is 52.2. The zero-order valence-electron chi connectivity index (χ0n) is 42.5. The van der Waals surface area contributed by atoms with Crippen molar-refractivity contribution < 1.29 is 4.79 Å². The summed E-state index contributed by atoms with van der Waals surface area (Å²) in [7, 11) is 0. The molecular formula is C54H115N7O. The van der Waals surface area contributed by atoms with Crippen molar-refractivity contribution in [1.29, 1.82) is 0 Å². The first-order chi connectivity index (χ1) is 30.6. The average Bonchev–Trinajstić information content (AvgIpc) is 3.28. The maximum Gasteiger partial charge on any atom is 0.236 e. The molecule has 8 heteroatoms. The van der Waals surface area contributed by atoms with E-state index < -0.39 is 0 Å². The largest absolute Gasteiger partial charge is 0.342 e. The molecule has 0 saturated carbocycles. The van der Waals surface area contributed by atoms with Crippen molar-refractivity contribution in [2.24, 2.45) is 17.2 Å². The first kappa shape index (κ1) is 61.2. The third kappa shape index (κ3) is 45.8. The van der Waals surface area contributed by atoms with Crippen molar-refractivity contribution in [3.8, 4) is 0 Å². The first-order valence-electron chi connectivity index (χ1n) is 28.2. The fourth-order valence-electron chi connectivity index (χ4n) is 9.08. The summed E-state index contributed by atoms with van der Waals surface area (Å²) in [6.45, 7) is 16.6. The molecule has 8 nitrogen and oxygen atoms in total. The summed E-state index contributed by atoms with van der Waals surface area (Å²) in [6.07, 6.45) is 50.9. The molecule has 0 aliphatic carbocycles. The molecule has 0 aliphatic rings. The number of nitrogens with one attached hydrogen (secondary N) is 1. The third-order valence-electron chi connectivity index (χ3n) is 13.3. The third-order valence-corrected chi connectivity index (χ3v) is 13.3. The van der Waals surface area contributed by atoms with E-state index in [1.165, 1.54) is 205 Å². The summed E-state index contributed by atoms with van der Waals surface area (Å²) in [4.78, 5) is 20.9. The predicted octanol–water partition coefficient (Wildman–Crippen LogP) is 12.7. The van der Waals surface area contributed by atoms with Crippen LogP contribution in [0.3, 0.4) is 0 Å². The van der Waals surface area contributed by atoms with Gasteiger partial charge in [0.2, 0.25) is 5.91 Å². The molecule has 0 spiro atoms. The second kappa shape index (κ2) is 52.9. The van der Waals surface area contributed by atoms with E-state index in [1.807, 2.05) is 0 Å². The number of unbranched alkanes of at least 4 members (excludes halogenated alkanes) is 31. The van der Waals surface area contributed by atoms with Crippen LogP contribution in [0.2, 0.25) is 0 Å². The topological polar surface area (TPSA) is 117 Å². The predicted molar refractivity (Wildman–Crippen MR) is 276 cm³/mol. The number of carbonyl (C=O) groups excluding carboxylic acids is 1. The second-order valence-corrected chi connectivity index (χ2v) is 19.3. The highest BCUT2D eigenvalue weighted by Gasteiger charge is 2.13. The molecule has 0 fully saturated rings. The number of nitrogens with two attached hydrogens (primary N) is 3. The van der Waals surface area contributed by atoms with E-state index in [-0.39, 0.29) is 0 Å². The Bertz CT molecular complexity index is 804. The Hall–Kier alpha value is -0.770. The van der Waals surface area contributed by atoms with Crippen molar-refractivity contribution in [2.45, 2.75) is 258 Å². The smallest absolute Gasteiger partial charge is 0.236 e. The quantitative estimate of drug-likeness (QED) is 0.0450. The van der Waals surface area contributed by atoms with Crippen LogP contribution in [-0.2, 0) is 4.79 Å². The highest BCUT2D eigenvalue weighted by molar-refractivity contribution is 5.78. The van der Waals surface area contributed by atoms with Gasteiger partial charge in [-0.25, -0.2) is 0 Å². The highest BCUT2D eigenvalue weighted by atomic mass is 16.2. The molecule has 0 aromatic carbocycles. The summed E-state index contributed by atoms with van der Waals surface area (Å²) in [5.41, 5.74) is 17.5. The molecule has 0 unspecified atom stereocenters. The molecule has 1 amide bonds. The molecular weight excluding hydrogens is 763 g/mol. The molecule has 0 aromatic heterocycles. The van der Waals surface area contributed by atoms with E-state index in [1.54, 1.807) is 0 Å². The molecule has 62 heavy (non-hydrogen) atoms. The van der Waals surface area contributed by atoms with E-state index in [0.29, 0.717) is 12.5 Å². The number of carbonyl (C=O) groups is 1. The number of nitrogens with zero attached hydrogens (tertiary/aromatic N) is 3. The van der Waals surface area contributed by atoms with Gasteiger partial charge in [-0.2, -0.15) is 0 Å². The standard InChI is InChI=1S/C54H115N7O/c1-3-5-7-9-11-13-15-17-19-21-23-25-27-29-31-33-51-61(52-34-32-30-28-26-24-22-20-18-16-14-12-10-8-6-4-2)54(62)53-58-44-40-50-60(49-39-43-57)46-36-35-45-59(47-37-41-55)48-38-42-56/h58H,3-53,55-57H2,1-2H3. The lowest BCUT2D eigenvalue weighted by Gasteiger charge is -2.25. The molecule has 0 heterocycles. The van der Waals surface area contributed by atoms with Gasteiger partial charge >= 0.3 is 0 Å². The zero-order chi connectivity index (χ0) is 45.1. The van der Waals surface area contributed by atoms with Crippen LogP contribution in [-0.4, -0.2) is 106 Å². The van der Waals surface area contributed by atoms with Gasteiger partial charge in [0.25, 0.3) is 0 Å². The molecule has 0 aromatic rings. The molecule has 0 aliphatic heterocycles. The SMILES string of the molecule is CCCCCCCCCCCCCCCCCCN(CCCCCCCCCCCCCCCCCC)C(=O)CNCCCN(CCCN)CCCCN(CCCN)CCCN. The van der Waals surface area contributed by atoms with Crippen molar-refractivity contribution >= 4 is 5.91 Å². The van der Waals surface area contributed by atoms with E-state index in [2.05, 4.69) is 33.9 Å². The lowest BCUT2D eigenvalue weighted by Crippen LogP contribution is -2.40. The Morgan fingerprint density at radius 3 is 0.855 bits per heavy atom. The van der Waals surface area contributed by atoms with Crippen LogP contribution in [0.5, 0.6) is 0 Å². The number of amides is 1. The summed E-state index contributed by atoms with van der Waals surface area (Å²) < 4.78 is 0. The Balaban J connectivity index is 4.50. The molecule has 7 N–H and O–H groups in total. The number of hydrogen-bond acceptors (Lipinski definition) is 7. The molecule has 0 bridgehead atoms. The van der Waals surface area contributed by atoms with Gasteiger partial charge in [0.15, 0.2) is 0 Å². The van der Waals surface area contributed by atoms with Crippen LogP contribution in [0.1, 0.15) is 258 Å². The first-order valence-corrected chi connectivity index (χ1v) is 28.2. The lowest BCUT2D eigenvalue weighted by molar-refractivity contribution is -0.130. The normalized spacial score (nSPS) is 11.8. The average molecular weight is 879 g/mol. The van der Waals surface area contributed by atoms with Crippen molar-refractivity contribution in [3.05, 3.63) is 0 Å². The monoisotopic (exact) mass is 878 g/mol. The molecule has 0 rings (SSSR count). The minimum atomic E-state index is 0.306. The van der Waals surface area contributed by atoms with Gasteiger partial charge in [-0.1, -0.05) is 206 Å². The van der Waals surface area contributed by atoms with E-state index in [0.717, 1.165) is 117 Å². The maximum absolute atomic E-state index is 13.5. The van der Waals surface area contributed by atoms with Gasteiger partial charge in [0.1, 0.15) is 0 Å². The zero-order valence-corrected chi connectivity index (χ0v) is 42.5. The summed E-state index contributed by atoms with van der Waals surface area (Å²) in [5, 5.41) is 3.54. The van der Waals surface area contributed by atoms with Gasteiger partial charge in [-0.15, -0.1) is 0 Å². The lowest BCUT2D eigenvalue weighted by atomic mass is 10.0. The van der Waals surface area contributed by atoms with Crippen LogP contribution < -0.4 is 22.5 Å². The van der Waals surface area contributed by atoms with Gasteiger partial charge in [0.05, 0.1) is 6.54 Å². The fraction of sp³-hybridized carbons (Fsp3) is 0.981. The highest BCUT2D eigenvalue weighted by Crippen LogP contribution is 2.16. The minimum Gasteiger partial charge on any atom is -0.342 e. The second-order valence-electron chi connectivity index (χ2n) is 19.3. The molecule has 372 valence electrons. The van der Waals surface area contributed by atoms with Gasteiger partial charge in [0, 0.05) is 13.1 Å². The Morgan fingerprint density at radius 1 is 0.323 bits per heavy atom. The van der Waals surface area contributed by atoms with Crippen LogP contribution in [0.15, 0.2) is 0 Å². The van der Waals surface area contributed by atoms with Crippen molar-refractivity contribution in [1.82, 2.24) is 20.0 Å². The van der Waals surface area contributed by atoms with Crippen molar-refractivity contribution in [2.75, 3.05) is 85.1 Å². The molecule has 0 radical (unpaired) electrons. The van der Waals surface area contributed by atoms with Gasteiger partial charge in [-0.3, -0.25) is 4.79 Å². The Labute approximate surface area is 389 Å². The summed E-state index contributed by atoms with van der Waals surface area (Å²) in [6, 6.07) is 0. The number of rotatable bonds is 54. The van der Waals surface area contributed by atoms with Crippen LogP contribution in [0, 0.1) is 0 Å². The fourth-order valence-corrected chi connectivity index (χ4v) is 9.08. The maximum atomic E-state index is 13.5. The van der Waals surface area contributed by atoms with Crippen LogP contribution >= 0.6 is 0 Å². The van der Waals surface area contributed by atoms with Crippen LogP contribution in [0.25, 0.3) is 0 Å². The summed E-state index contributed by atoms with van der Waals surface area (Å²) >= 11 is 0. The van der Waals surface area contributed by atoms with E-state index in [4.69, 9.17) is 17.2 Å². The molecule has 0 saturated heterocycles. The van der Waals surface area contributed by atoms with Crippen molar-refractivity contribution in [3.63, 3.8) is 0 Å². The van der Waals surface area contributed by atoms with Crippen LogP contribution in [0.4, 0.5) is 0 Å². The minimum absolute atomic E-state index is 0.306.